The maximum absolute atomic E-state index is 11.1. The first-order valence-electron chi connectivity index (χ1n) is 11.4. The quantitative estimate of drug-likeness (QED) is 0.0717. The molecule has 9 N–H and O–H groups in total. The number of esters is 2. The van der Waals surface area contributed by atoms with E-state index in [0.29, 0.717) is 41.6 Å². The van der Waals surface area contributed by atoms with Crippen LogP contribution in [0, 0.1) is 0 Å². The molecule has 3 aliphatic rings. The number of carbonyl (C=O) groups is 5. The van der Waals surface area contributed by atoms with E-state index in [9.17, 15) is 28.8 Å². The van der Waals surface area contributed by atoms with Crippen molar-refractivity contribution in [2.24, 2.45) is 17.2 Å². The van der Waals surface area contributed by atoms with Gasteiger partial charge in [0.05, 0.1) is 19.1 Å². The third-order valence-electron chi connectivity index (χ3n) is 4.43. The van der Waals surface area contributed by atoms with Crippen LogP contribution >= 0.6 is 84.9 Å². The zero-order valence-electron chi connectivity index (χ0n) is 24.4. The Morgan fingerprint density at radius 3 is 1.89 bits per heavy atom. The predicted molar refractivity (Wildman–Crippen MR) is 191 cm³/mol. The number of hydrogen-bond donors (Lipinski definition) is 6. The van der Waals surface area contributed by atoms with Crippen molar-refractivity contribution >= 4 is 115 Å². The van der Waals surface area contributed by atoms with Crippen LogP contribution in [0.1, 0.15) is 26.0 Å². The Hall–Kier alpha value is 0.0600. The minimum atomic E-state index is -0.833. The molecule has 4 amide bonds. The van der Waals surface area contributed by atoms with Gasteiger partial charge in [-0.2, -0.15) is 7.11 Å². The molecule has 0 aliphatic carbocycles. The van der Waals surface area contributed by atoms with E-state index in [4.69, 9.17) is 15.6 Å². The van der Waals surface area contributed by atoms with Crippen molar-refractivity contribution in [1.82, 2.24) is 15.3 Å². The second-order valence-electron chi connectivity index (χ2n) is 7.15. The first-order valence-corrected chi connectivity index (χ1v) is 27.0. The molecule has 1 aromatic heterocycles. The second-order valence-corrected chi connectivity index (χ2v) is 26.8. The smallest absolute Gasteiger partial charge is 0.352 e. The summed E-state index contributed by atoms with van der Waals surface area (Å²) in [6.07, 6.45) is 1.93. The number of H-pyrrole nitrogens is 2. The Morgan fingerprint density at radius 1 is 0.935 bits per heavy atom. The molecule has 1 fully saturated rings. The van der Waals surface area contributed by atoms with Crippen molar-refractivity contribution in [3.05, 3.63) is 37.1 Å². The van der Waals surface area contributed by atoms with Crippen LogP contribution in [0.4, 0.5) is 9.59 Å². The molecular weight excluding hydrogens is 1040 g/mol. The van der Waals surface area contributed by atoms with Crippen molar-refractivity contribution in [1.29, 1.82) is 0 Å². The molecule has 1 aromatic rings. The van der Waals surface area contributed by atoms with Gasteiger partial charge in [0.25, 0.3) is 5.56 Å². The Labute approximate surface area is 336 Å². The number of Topliss-reactive ketones (excluding diaryl/α,β-unsaturated/α-hetero) is 1. The standard InChI is InChI=1S/C7H10N2O3S.C6H6N2O2S.C6H8O3S.CH4N2O.CH3O.CH4.ClH.I3.Na/c1-12-6(10)5-4(2-3-13-5)9-7(8)11;9-5-4-3(1-2-11-4)7-6(10)8-5;1-9-6(8)5-4(7)2-3-10-5;2-1(3)4;1-2;;;1-3-2;/h2-3H2,1H3,(H3,8,9,11);1-2H2,(H2,7,8,9,10);5H,2-3H2,1H3;(H4,2,3,4);1H3;1H4;1H;;/q;;;;-1;;;-1;+1. The SMILES string of the molecule is C.COC(=O)C1=C(NC(N)=O)CCS1.COC(=O)C1SCCC1=O.C[O-].Cl.I[I-]I.NC(N)=O.O=c1[nH]c2c(c(=O)[nH]1)SCC2.[Na+]. The third-order valence-corrected chi connectivity index (χ3v) is 7.90. The normalized spacial score (nSPS) is 14.6. The monoisotopic (exact) mass is 1080 g/mol. The molecule has 1 atom stereocenters. The van der Waals surface area contributed by atoms with Gasteiger partial charge >= 0.3 is 110 Å². The second kappa shape index (κ2) is 33.6. The molecule has 0 bridgehead atoms. The van der Waals surface area contributed by atoms with E-state index in [0.717, 1.165) is 36.5 Å². The maximum Gasteiger partial charge on any atom is 1.00 e. The van der Waals surface area contributed by atoms with Crippen molar-refractivity contribution in [3.63, 3.8) is 0 Å². The average Bonchev–Trinajstić information content (AvgIpc) is 3.71. The first kappa shape index (κ1) is 55.5. The van der Waals surface area contributed by atoms with E-state index in [-0.39, 0.29) is 60.7 Å². The fraction of sp³-hybridized carbons (Fsp3) is 0.500. The Kier molecular flexibility index (Phi) is 40.5. The van der Waals surface area contributed by atoms with Crippen LogP contribution in [0.15, 0.2) is 25.1 Å². The fourth-order valence-corrected chi connectivity index (χ4v) is 6.06. The van der Waals surface area contributed by atoms with Gasteiger partial charge in [-0.25, -0.2) is 19.2 Å². The van der Waals surface area contributed by atoms with Gasteiger partial charge in [-0.1, -0.05) is 7.43 Å². The molecule has 1 unspecified atom stereocenters. The van der Waals surface area contributed by atoms with Gasteiger partial charge in [0, 0.05) is 35.1 Å². The minimum absolute atomic E-state index is 0. The van der Waals surface area contributed by atoms with E-state index in [2.05, 4.69) is 73.5 Å². The number of thioether (sulfide) groups is 3. The summed E-state index contributed by atoms with van der Waals surface area (Å²) in [6.45, 7) is 0. The number of aromatic amines is 2. The van der Waals surface area contributed by atoms with Crippen LogP contribution in [0.3, 0.4) is 0 Å². The summed E-state index contributed by atoms with van der Waals surface area (Å²) in [7, 11) is 3.35. The van der Waals surface area contributed by atoms with Crippen molar-refractivity contribution in [2.45, 2.75) is 36.8 Å². The molecule has 0 saturated carbocycles. The number of methoxy groups -OCH3 is 2. The molecule has 4 rings (SSSR count). The Bertz CT molecular complexity index is 1240. The van der Waals surface area contributed by atoms with E-state index in [1.165, 1.54) is 49.5 Å². The Balaban J connectivity index is -0.000000158. The van der Waals surface area contributed by atoms with E-state index < -0.39 is 34.9 Å². The van der Waals surface area contributed by atoms with Gasteiger partial charge in [0.15, 0.2) is 11.0 Å². The zero-order valence-corrected chi connectivity index (χ0v) is 36.1. The van der Waals surface area contributed by atoms with E-state index in [1.54, 1.807) is 0 Å². The number of primary amides is 3. The van der Waals surface area contributed by atoms with Crippen LogP contribution in [-0.4, -0.2) is 83.6 Å². The average molecular weight is 1080 g/mol. The van der Waals surface area contributed by atoms with E-state index >= 15 is 0 Å². The van der Waals surface area contributed by atoms with Crippen LogP contribution < -0.4 is 81.7 Å². The van der Waals surface area contributed by atoms with E-state index in [1.807, 2.05) is 0 Å². The molecule has 24 heteroatoms. The predicted octanol–water partition coefficient (Wildman–Crippen LogP) is -5.04. The number of ether oxygens (including phenoxy) is 2. The molecule has 1 saturated heterocycles. The van der Waals surface area contributed by atoms with Gasteiger partial charge in [0.2, 0.25) is 0 Å². The maximum atomic E-state index is 11.1. The van der Waals surface area contributed by atoms with Gasteiger partial charge < -0.3 is 42.1 Å². The summed E-state index contributed by atoms with van der Waals surface area (Å²) in [5, 5.41) is 10.1. The molecule has 0 spiro atoms. The molecule has 4 heterocycles. The number of fused-ring (bicyclic) bond motifs is 1. The number of halogens is 4. The third kappa shape index (κ3) is 24.2. The van der Waals surface area contributed by atoms with Gasteiger partial charge in [0.1, 0.15) is 4.91 Å². The molecule has 3 aliphatic heterocycles. The summed E-state index contributed by atoms with van der Waals surface area (Å²) in [5.41, 5.74) is 14.1. The molecule has 16 nitrogen and oxygen atoms in total. The van der Waals surface area contributed by atoms with Crippen LogP contribution in [0.2, 0.25) is 0 Å². The van der Waals surface area contributed by atoms with Gasteiger partial charge in [-0.3, -0.25) is 19.4 Å². The number of amides is 4. The number of ketones is 1. The number of nitrogens with two attached hydrogens (primary N) is 3. The molecule has 262 valence electrons. The van der Waals surface area contributed by atoms with Gasteiger partial charge in [-0.15, -0.1) is 47.7 Å². The number of rotatable bonds is 3. The summed E-state index contributed by atoms with van der Waals surface area (Å²) >= 11 is 9.51. The number of carbonyl (C=O) groups excluding carboxylic acids is 5. The summed E-state index contributed by atoms with van der Waals surface area (Å²) in [4.78, 5) is 79.9. The minimum Gasteiger partial charge on any atom is -0.352 e. The topological polar surface area (TPSA) is 283 Å². The summed E-state index contributed by atoms with van der Waals surface area (Å²) < 4.78 is 8.96. The Morgan fingerprint density at radius 2 is 1.46 bits per heavy atom. The number of hydrogen-bond acceptors (Lipinski definition) is 13. The fourth-order valence-electron chi connectivity index (χ4n) is 2.91. The first-order chi connectivity index (χ1) is 20.3. The number of aromatic nitrogens is 2. The molecule has 0 radical (unpaired) electrons. The summed E-state index contributed by atoms with van der Waals surface area (Å²) in [5.74, 6) is 1.56. The number of urea groups is 2. The molecule has 0 aromatic carbocycles. The van der Waals surface area contributed by atoms with Crippen molar-refractivity contribution in [2.75, 3.05) is 38.6 Å². The van der Waals surface area contributed by atoms with Crippen molar-refractivity contribution in [3.8, 4) is 0 Å². The number of allylic oxidation sites excluding steroid dienone is 1. The number of nitrogens with one attached hydrogen (secondary N) is 3. The van der Waals surface area contributed by atoms with Crippen LogP contribution in [-0.2, 0) is 30.3 Å². The molecule has 46 heavy (non-hydrogen) atoms. The zero-order chi connectivity index (χ0) is 33.5. The number of aryl methyl sites for hydroxylation is 1. The van der Waals surface area contributed by atoms with Crippen molar-refractivity contribution < 1.29 is 81.4 Å². The van der Waals surface area contributed by atoms with Crippen LogP contribution in [0.5, 0.6) is 0 Å². The largest absolute Gasteiger partial charge is 1.00 e. The van der Waals surface area contributed by atoms with Crippen LogP contribution in [0.25, 0.3) is 0 Å². The van der Waals surface area contributed by atoms with Gasteiger partial charge in [-0.05, 0) is 12.8 Å². The summed E-state index contributed by atoms with van der Waals surface area (Å²) in [6, 6.07) is -1.49. The molecular formula is C22H36ClI3N6NaO10S3-.